The fraction of sp³-hybridized carbons (Fsp3) is 0.143. The third-order valence-corrected chi connectivity index (χ3v) is 2.90. The molecule has 0 unspecified atom stereocenters. The molecule has 1 aromatic heterocycles. The van der Waals surface area contributed by atoms with Gasteiger partial charge in [-0.3, -0.25) is 19.9 Å². The van der Waals surface area contributed by atoms with E-state index in [4.69, 9.17) is 5.73 Å². The van der Waals surface area contributed by atoms with Crippen LogP contribution in [-0.2, 0) is 6.42 Å². The van der Waals surface area contributed by atoms with E-state index >= 15 is 0 Å². The maximum Gasteiger partial charge on any atom is 0.292 e. The van der Waals surface area contributed by atoms with Crippen molar-refractivity contribution < 1.29 is 9.72 Å². The summed E-state index contributed by atoms with van der Waals surface area (Å²) < 4.78 is 0. The molecule has 21 heavy (non-hydrogen) atoms. The number of benzene rings is 1. The van der Waals surface area contributed by atoms with Gasteiger partial charge in [-0.05, 0) is 24.3 Å². The summed E-state index contributed by atoms with van der Waals surface area (Å²) in [5.41, 5.74) is 6.45. The molecule has 0 fully saturated rings. The number of hydrogen-bond acceptors (Lipinski definition) is 5. The van der Waals surface area contributed by atoms with Crippen LogP contribution < -0.4 is 11.1 Å². The van der Waals surface area contributed by atoms with Crippen LogP contribution in [0.5, 0.6) is 0 Å². The second kappa shape index (κ2) is 6.47. The molecule has 0 aliphatic heterocycles. The summed E-state index contributed by atoms with van der Waals surface area (Å²) in [6, 6.07) is 9.55. The van der Waals surface area contributed by atoms with Gasteiger partial charge in [0.05, 0.1) is 4.92 Å². The third-order valence-electron chi connectivity index (χ3n) is 2.90. The van der Waals surface area contributed by atoms with Gasteiger partial charge in [0.2, 0.25) is 5.91 Å². The van der Waals surface area contributed by atoms with Crippen molar-refractivity contribution in [3.05, 3.63) is 64.0 Å². The monoisotopic (exact) mass is 286 g/mol. The normalized spacial score (nSPS) is 10.1. The van der Waals surface area contributed by atoms with Crippen LogP contribution in [0.1, 0.15) is 16.1 Å². The lowest BCUT2D eigenvalue weighted by Crippen LogP contribution is -2.13. The minimum absolute atomic E-state index is 0.0963. The van der Waals surface area contributed by atoms with Crippen LogP contribution in [0.2, 0.25) is 0 Å². The van der Waals surface area contributed by atoms with Gasteiger partial charge >= 0.3 is 0 Å². The number of nitrogens with zero attached hydrogens (tertiary/aromatic N) is 2. The van der Waals surface area contributed by atoms with Crippen molar-refractivity contribution in [1.29, 1.82) is 0 Å². The Morgan fingerprint density at radius 2 is 2.14 bits per heavy atom. The van der Waals surface area contributed by atoms with Crippen LogP contribution in [0.15, 0.2) is 42.6 Å². The van der Waals surface area contributed by atoms with Gasteiger partial charge in [-0.15, -0.1) is 0 Å². The molecule has 0 saturated heterocycles. The number of anilines is 1. The predicted octanol–water partition coefficient (Wildman–Crippen LogP) is 1.74. The molecule has 108 valence electrons. The maximum absolute atomic E-state index is 11.1. The number of hydrogen-bond donors (Lipinski definition) is 2. The van der Waals surface area contributed by atoms with Crippen molar-refractivity contribution in [2.75, 3.05) is 11.9 Å². The van der Waals surface area contributed by atoms with Crippen molar-refractivity contribution in [1.82, 2.24) is 4.98 Å². The second-order valence-electron chi connectivity index (χ2n) is 4.35. The highest BCUT2D eigenvalue weighted by molar-refractivity contribution is 5.94. The number of carbonyl (C=O) groups is 1. The molecule has 7 nitrogen and oxygen atoms in total. The summed E-state index contributed by atoms with van der Waals surface area (Å²) in [6.07, 6.45) is 2.30. The summed E-state index contributed by atoms with van der Waals surface area (Å²) in [5.74, 6) is -0.627. The Labute approximate surface area is 121 Å². The van der Waals surface area contributed by atoms with Gasteiger partial charge in [-0.2, -0.15) is 0 Å². The predicted molar refractivity (Wildman–Crippen MR) is 78.0 cm³/mol. The van der Waals surface area contributed by atoms with Gasteiger partial charge < -0.3 is 11.1 Å². The lowest BCUT2D eigenvalue weighted by Gasteiger charge is -2.08. The molecule has 0 saturated carbocycles. The molecule has 0 aliphatic rings. The van der Waals surface area contributed by atoms with Gasteiger partial charge in [0.1, 0.15) is 5.69 Å². The van der Waals surface area contributed by atoms with E-state index in [0.717, 1.165) is 5.69 Å². The smallest absolute Gasteiger partial charge is 0.292 e. The number of nitro groups is 1. The molecule has 0 spiro atoms. The summed E-state index contributed by atoms with van der Waals surface area (Å²) in [4.78, 5) is 25.8. The quantitative estimate of drug-likeness (QED) is 0.620. The third kappa shape index (κ3) is 3.75. The fourth-order valence-electron chi connectivity index (χ4n) is 1.86. The molecule has 0 radical (unpaired) electrons. The van der Waals surface area contributed by atoms with E-state index in [1.165, 1.54) is 18.2 Å². The molecule has 0 bridgehead atoms. The van der Waals surface area contributed by atoms with E-state index in [1.807, 2.05) is 18.2 Å². The molecule has 3 N–H and O–H groups in total. The number of aromatic nitrogens is 1. The SMILES string of the molecule is NC(=O)c1ccc([N+](=O)[O-])c(NCCc2ccccn2)c1. The largest absolute Gasteiger partial charge is 0.379 e. The number of nitrogens with one attached hydrogen (secondary N) is 1. The maximum atomic E-state index is 11.1. The standard InChI is InChI=1S/C14H14N4O3/c15-14(19)10-4-5-13(18(20)21)12(9-10)17-8-6-11-3-1-2-7-16-11/h1-5,7,9,17H,6,8H2,(H2,15,19). The van der Waals surface area contributed by atoms with E-state index in [9.17, 15) is 14.9 Å². The van der Waals surface area contributed by atoms with Crippen molar-refractivity contribution >= 4 is 17.3 Å². The van der Waals surface area contributed by atoms with Crippen LogP contribution in [-0.4, -0.2) is 22.4 Å². The van der Waals surface area contributed by atoms with Gasteiger partial charge in [0.15, 0.2) is 0 Å². The molecular formula is C14H14N4O3. The lowest BCUT2D eigenvalue weighted by atomic mass is 10.1. The van der Waals surface area contributed by atoms with Crippen molar-refractivity contribution in [3.8, 4) is 0 Å². The zero-order valence-corrected chi connectivity index (χ0v) is 11.2. The van der Waals surface area contributed by atoms with Gasteiger partial charge in [0, 0.05) is 36.5 Å². The average Bonchev–Trinajstić information content (AvgIpc) is 2.48. The fourth-order valence-corrected chi connectivity index (χ4v) is 1.86. The molecule has 7 heteroatoms. The van der Waals surface area contributed by atoms with Crippen LogP contribution in [0.25, 0.3) is 0 Å². The van der Waals surface area contributed by atoms with Crippen LogP contribution in [0.3, 0.4) is 0 Å². The lowest BCUT2D eigenvalue weighted by molar-refractivity contribution is -0.384. The Hall–Kier alpha value is -2.96. The number of rotatable bonds is 6. The first-order chi connectivity index (χ1) is 10.1. The molecule has 0 aliphatic carbocycles. The van der Waals surface area contributed by atoms with E-state index < -0.39 is 10.8 Å². The van der Waals surface area contributed by atoms with Crippen LogP contribution >= 0.6 is 0 Å². The highest BCUT2D eigenvalue weighted by atomic mass is 16.6. The number of amides is 1. The minimum atomic E-state index is -0.627. The zero-order valence-electron chi connectivity index (χ0n) is 11.2. The second-order valence-corrected chi connectivity index (χ2v) is 4.35. The Morgan fingerprint density at radius 3 is 2.76 bits per heavy atom. The topological polar surface area (TPSA) is 111 Å². The van der Waals surface area contributed by atoms with E-state index in [-0.39, 0.29) is 16.9 Å². The highest BCUT2D eigenvalue weighted by Crippen LogP contribution is 2.25. The number of primary amides is 1. The van der Waals surface area contributed by atoms with Crippen molar-refractivity contribution in [3.63, 3.8) is 0 Å². The molecule has 2 aromatic rings. The van der Waals surface area contributed by atoms with Crippen molar-refractivity contribution in [2.45, 2.75) is 6.42 Å². The van der Waals surface area contributed by atoms with Gasteiger partial charge in [-0.1, -0.05) is 6.07 Å². The summed E-state index contributed by atoms with van der Waals surface area (Å²) in [5, 5.41) is 13.9. The Bertz CT molecular complexity index is 659. The molecule has 2 rings (SSSR count). The van der Waals surface area contributed by atoms with Crippen LogP contribution in [0, 0.1) is 10.1 Å². The number of nitrogens with two attached hydrogens (primary N) is 1. The average molecular weight is 286 g/mol. The van der Waals surface area contributed by atoms with Crippen molar-refractivity contribution in [2.24, 2.45) is 5.73 Å². The Morgan fingerprint density at radius 1 is 1.33 bits per heavy atom. The Balaban J connectivity index is 2.12. The molecule has 1 amide bonds. The Kier molecular flexibility index (Phi) is 4.45. The molecule has 1 heterocycles. The van der Waals surface area contributed by atoms with E-state index in [0.29, 0.717) is 13.0 Å². The number of carbonyl (C=O) groups excluding carboxylic acids is 1. The first kappa shape index (κ1) is 14.4. The number of pyridine rings is 1. The molecular weight excluding hydrogens is 272 g/mol. The van der Waals surface area contributed by atoms with E-state index in [1.54, 1.807) is 6.20 Å². The highest BCUT2D eigenvalue weighted by Gasteiger charge is 2.15. The molecule has 0 atom stereocenters. The van der Waals surface area contributed by atoms with Crippen LogP contribution in [0.4, 0.5) is 11.4 Å². The van der Waals surface area contributed by atoms with E-state index in [2.05, 4.69) is 10.3 Å². The summed E-state index contributed by atoms with van der Waals surface area (Å²) in [6.45, 7) is 0.458. The first-order valence-electron chi connectivity index (χ1n) is 6.30. The zero-order chi connectivity index (χ0) is 15.2. The van der Waals surface area contributed by atoms with Gasteiger partial charge in [0.25, 0.3) is 5.69 Å². The minimum Gasteiger partial charge on any atom is -0.379 e. The summed E-state index contributed by atoms with van der Waals surface area (Å²) in [7, 11) is 0. The number of nitro benzene ring substituents is 1. The first-order valence-corrected chi connectivity index (χ1v) is 6.30. The van der Waals surface area contributed by atoms with Gasteiger partial charge in [-0.25, -0.2) is 0 Å². The molecule has 1 aromatic carbocycles. The summed E-state index contributed by atoms with van der Waals surface area (Å²) >= 11 is 0.